The summed E-state index contributed by atoms with van der Waals surface area (Å²) < 4.78 is 10.1. The summed E-state index contributed by atoms with van der Waals surface area (Å²) >= 11 is 0. The smallest absolute Gasteiger partial charge is 0.323 e. The quantitative estimate of drug-likeness (QED) is 0.651. The van der Waals surface area contributed by atoms with E-state index >= 15 is 0 Å². The first-order valence-corrected chi connectivity index (χ1v) is 6.58. The Morgan fingerprint density at radius 2 is 1.74 bits per heavy atom. The molecule has 0 saturated carbocycles. The molecule has 8 nitrogen and oxygen atoms in total. The highest BCUT2D eigenvalue weighted by atomic mass is 16.6. The van der Waals surface area contributed by atoms with E-state index in [1.54, 1.807) is 31.4 Å². The number of urea groups is 1. The molecule has 23 heavy (non-hydrogen) atoms. The number of nitrogens with zero attached hydrogens (tertiary/aromatic N) is 1. The molecule has 0 saturated heterocycles. The van der Waals surface area contributed by atoms with Gasteiger partial charge < -0.3 is 20.1 Å². The van der Waals surface area contributed by atoms with Crippen molar-refractivity contribution in [2.75, 3.05) is 24.9 Å². The summed E-state index contributed by atoms with van der Waals surface area (Å²) in [6.45, 7) is 0. The third kappa shape index (κ3) is 4.10. The number of rotatable bonds is 5. The van der Waals surface area contributed by atoms with Crippen molar-refractivity contribution in [2.45, 2.75) is 0 Å². The van der Waals surface area contributed by atoms with Crippen molar-refractivity contribution < 1.29 is 19.2 Å². The van der Waals surface area contributed by atoms with Gasteiger partial charge in [-0.05, 0) is 30.3 Å². The number of amides is 2. The molecule has 2 aromatic rings. The molecular formula is C15H15N3O5. The highest BCUT2D eigenvalue weighted by molar-refractivity contribution is 6.00. The monoisotopic (exact) mass is 317 g/mol. The van der Waals surface area contributed by atoms with Crippen LogP contribution in [0.1, 0.15) is 0 Å². The minimum absolute atomic E-state index is 0.148. The molecule has 8 heteroatoms. The molecule has 0 aliphatic heterocycles. The summed E-state index contributed by atoms with van der Waals surface area (Å²) in [7, 11) is 2.96. The third-order valence-electron chi connectivity index (χ3n) is 2.99. The highest BCUT2D eigenvalue weighted by Crippen LogP contribution is 2.29. The van der Waals surface area contributed by atoms with E-state index in [-0.39, 0.29) is 11.4 Å². The first-order chi connectivity index (χ1) is 11.0. The predicted octanol–water partition coefficient (Wildman–Crippen LogP) is 3.26. The summed E-state index contributed by atoms with van der Waals surface area (Å²) in [5.74, 6) is 0.983. The van der Waals surface area contributed by atoms with Crippen molar-refractivity contribution in [2.24, 2.45) is 0 Å². The molecule has 0 spiro atoms. The van der Waals surface area contributed by atoms with E-state index in [0.717, 1.165) is 0 Å². The van der Waals surface area contributed by atoms with Crippen LogP contribution in [-0.4, -0.2) is 25.2 Å². The van der Waals surface area contributed by atoms with Crippen LogP contribution in [0.2, 0.25) is 0 Å². The molecule has 2 amide bonds. The molecule has 0 aliphatic carbocycles. The zero-order chi connectivity index (χ0) is 16.8. The van der Waals surface area contributed by atoms with Crippen molar-refractivity contribution in [1.29, 1.82) is 0 Å². The molecule has 2 aromatic carbocycles. The van der Waals surface area contributed by atoms with Crippen LogP contribution < -0.4 is 20.1 Å². The van der Waals surface area contributed by atoms with Crippen molar-refractivity contribution >= 4 is 23.1 Å². The summed E-state index contributed by atoms with van der Waals surface area (Å²) in [6, 6.07) is 10.1. The second-order valence-corrected chi connectivity index (χ2v) is 4.45. The van der Waals surface area contributed by atoms with E-state index in [2.05, 4.69) is 10.6 Å². The van der Waals surface area contributed by atoms with E-state index in [9.17, 15) is 14.9 Å². The van der Waals surface area contributed by atoms with Gasteiger partial charge in [0.25, 0.3) is 5.69 Å². The van der Waals surface area contributed by atoms with E-state index in [4.69, 9.17) is 9.47 Å². The van der Waals surface area contributed by atoms with Gasteiger partial charge in [-0.25, -0.2) is 4.79 Å². The number of nitrogens with one attached hydrogen (secondary N) is 2. The number of hydrogen-bond donors (Lipinski definition) is 2. The van der Waals surface area contributed by atoms with E-state index < -0.39 is 11.0 Å². The van der Waals surface area contributed by atoms with Gasteiger partial charge in [0.05, 0.1) is 24.8 Å². The van der Waals surface area contributed by atoms with Crippen LogP contribution in [0.3, 0.4) is 0 Å². The van der Waals surface area contributed by atoms with Gasteiger partial charge in [-0.15, -0.1) is 0 Å². The lowest BCUT2D eigenvalue weighted by atomic mass is 10.2. The molecule has 0 aromatic heterocycles. The fourth-order valence-corrected chi connectivity index (χ4v) is 1.87. The van der Waals surface area contributed by atoms with Gasteiger partial charge in [0.1, 0.15) is 11.5 Å². The molecule has 0 unspecified atom stereocenters. The van der Waals surface area contributed by atoms with Crippen LogP contribution in [0, 0.1) is 10.1 Å². The maximum Gasteiger partial charge on any atom is 0.323 e. The number of carbonyl (C=O) groups is 1. The number of methoxy groups -OCH3 is 2. The van der Waals surface area contributed by atoms with Crippen LogP contribution >= 0.6 is 0 Å². The van der Waals surface area contributed by atoms with E-state index in [0.29, 0.717) is 17.2 Å². The number of nitro groups is 1. The average Bonchev–Trinajstić information content (AvgIpc) is 2.55. The van der Waals surface area contributed by atoms with Gasteiger partial charge in [-0.2, -0.15) is 0 Å². The fourth-order valence-electron chi connectivity index (χ4n) is 1.87. The lowest BCUT2D eigenvalue weighted by molar-refractivity contribution is -0.384. The van der Waals surface area contributed by atoms with Crippen LogP contribution in [-0.2, 0) is 0 Å². The molecule has 2 N–H and O–H groups in total. The topological polar surface area (TPSA) is 103 Å². The SMILES string of the molecule is COc1ccc(NC(=O)Nc2cc([N+](=O)[O-])ccc2OC)cc1. The van der Waals surface area contributed by atoms with Crippen molar-refractivity contribution in [1.82, 2.24) is 0 Å². The normalized spacial score (nSPS) is 9.83. The lowest BCUT2D eigenvalue weighted by Gasteiger charge is -2.11. The molecule has 0 bridgehead atoms. The first-order valence-electron chi connectivity index (χ1n) is 6.58. The Bertz CT molecular complexity index is 716. The van der Waals surface area contributed by atoms with Crippen molar-refractivity contribution in [3.05, 3.63) is 52.6 Å². The van der Waals surface area contributed by atoms with Crippen LogP contribution in [0.15, 0.2) is 42.5 Å². The second-order valence-electron chi connectivity index (χ2n) is 4.45. The van der Waals surface area contributed by atoms with Crippen molar-refractivity contribution in [3.63, 3.8) is 0 Å². The lowest BCUT2D eigenvalue weighted by Crippen LogP contribution is -2.19. The van der Waals surface area contributed by atoms with Gasteiger partial charge in [0.2, 0.25) is 0 Å². The van der Waals surface area contributed by atoms with Crippen molar-refractivity contribution in [3.8, 4) is 11.5 Å². The molecule has 0 heterocycles. The Kier molecular flexibility index (Phi) is 4.98. The van der Waals surface area contributed by atoms with Gasteiger partial charge in [0, 0.05) is 17.8 Å². The Balaban J connectivity index is 2.12. The predicted molar refractivity (Wildman–Crippen MR) is 85.3 cm³/mol. The van der Waals surface area contributed by atoms with Crippen LogP contribution in [0.25, 0.3) is 0 Å². The Hall–Kier alpha value is -3.29. The number of hydrogen-bond acceptors (Lipinski definition) is 5. The fraction of sp³-hybridized carbons (Fsp3) is 0.133. The number of anilines is 2. The zero-order valence-corrected chi connectivity index (χ0v) is 12.5. The minimum atomic E-state index is -0.550. The van der Waals surface area contributed by atoms with E-state index in [1.165, 1.54) is 25.3 Å². The maximum absolute atomic E-state index is 12.0. The Morgan fingerprint density at radius 3 is 2.30 bits per heavy atom. The largest absolute Gasteiger partial charge is 0.497 e. The maximum atomic E-state index is 12.0. The standard InChI is InChI=1S/C15H15N3O5/c1-22-12-6-3-10(4-7-12)16-15(19)17-13-9-11(18(20)21)5-8-14(13)23-2/h3-9H,1-2H3,(H2,16,17,19). The summed E-state index contributed by atoms with van der Waals surface area (Å²) in [5, 5.41) is 15.9. The third-order valence-corrected chi connectivity index (χ3v) is 2.99. The molecule has 2 rings (SSSR count). The van der Waals surface area contributed by atoms with Gasteiger partial charge in [0.15, 0.2) is 0 Å². The van der Waals surface area contributed by atoms with Crippen LogP contribution in [0.5, 0.6) is 11.5 Å². The number of nitro benzene ring substituents is 1. The Morgan fingerprint density at radius 1 is 1.04 bits per heavy atom. The molecule has 0 aliphatic rings. The van der Waals surface area contributed by atoms with E-state index in [1.807, 2.05) is 0 Å². The second kappa shape index (κ2) is 7.12. The summed E-state index contributed by atoms with van der Waals surface area (Å²) in [5.41, 5.74) is 0.603. The van der Waals surface area contributed by atoms with Gasteiger partial charge >= 0.3 is 6.03 Å². The molecule has 0 fully saturated rings. The number of benzene rings is 2. The number of ether oxygens (including phenoxy) is 2. The number of carbonyl (C=O) groups excluding carboxylic acids is 1. The number of non-ortho nitro benzene ring substituents is 1. The average molecular weight is 317 g/mol. The molecular weight excluding hydrogens is 302 g/mol. The minimum Gasteiger partial charge on any atom is -0.497 e. The van der Waals surface area contributed by atoms with Crippen LogP contribution in [0.4, 0.5) is 21.9 Å². The molecule has 0 atom stereocenters. The summed E-state index contributed by atoms with van der Waals surface area (Å²) in [6.07, 6.45) is 0. The van der Waals surface area contributed by atoms with Gasteiger partial charge in [-0.3, -0.25) is 10.1 Å². The summed E-state index contributed by atoms with van der Waals surface area (Å²) in [4.78, 5) is 22.3. The first kappa shape index (κ1) is 16.1. The van der Waals surface area contributed by atoms with Gasteiger partial charge in [-0.1, -0.05) is 0 Å². The molecule has 0 radical (unpaired) electrons. The Labute approximate surface area is 132 Å². The molecule has 120 valence electrons. The zero-order valence-electron chi connectivity index (χ0n) is 12.5. The highest BCUT2D eigenvalue weighted by Gasteiger charge is 2.13.